The maximum atomic E-state index is 12.8. The van der Waals surface area contributed by atoms with E-state index in [0.29, 0.717) is 5.92 Å². The molecule has 0 spiro atoms. The molecule has 0 N–H and O–H groups in total. The molecule has 5 heteroatoms. The Balaban J connectivity index is 1.20. The highest BCUT2D eigenvalue weighted by molar-refractivity contribution is 7.11. The number of rotatable bonds is 3. The molecule has 2 aromatic rings. The number of carbonyl (C=O) groups is 1. The normalized spacial score (nSPS) is 19.4. The zero-order chi connectivity index (χ0) is 19.8. The molecule has 1 fully saturated rings. The predicted octanol–water partition coefficient (Wildman–Crippen LogP) is 4.33. The van der Waals surface area contributed by atoms with Crippen LogP contribution in [0.25, 0.3) is 0 Å². The Hall–Kier alpha value is -2.40. The Morgan fingerprint density at radius 2 is 1.79 bits per heavy atom. The molecule has 0 bridgehead atoms. The van der Waals surface area contributed by atoms with E-state index in [1.165, 1.54) is 26.8 Å². The maximum Gasteiger partial charge on any atom is 0.253 e. The first kappa shape index (κ1) is 18.6. The van der Waals surface area contributed by atoms with Gasteiger partial charge in [-0.15, -0.1) is 11.3 Å². The summed E-state index contributed by atoms with van der Waals surface area (Å²) < 4.78 is 0. The van der Waals surface area contributed by atoms with Gasteiger partial charge in [0.25, 0.3) is 5.91 Å². The Labute approximate surface area is 176 Å². The van der Waals surface area contributed by atoms with Crippen LogP contribution in [0.5, 0.6) is 0 Å². The molecule has 1 saturated heterocycles. The van der Waals surface area contributed by atoms with E-state index in [-0.39, 0.29) is 5.91 Å². The first-order chi connectivity index (χ1) is 14.2. The quantitative estimate of drug-likeness (QED) is 0.763. The van der Waals surface area contributed by atoms with Gasteiger partial charge in [-0.25, -0.2) is 4.98 Å². The third-order valence-corrected chi connectivity index (χ3v) is 7.67. The van der Waals surface area contributed by atoms with Crippen LogP contribution in [0.2, 0.25) is 0 Å². The van der Waals surface area contributed by atoms with Crippen LogP contribution in [0.4, 0.5) is 0 Å². The molecule has 3 heterocycles. The van der Waals surface area contributed by atoms with Crippen molar-refractivity contribution in [3.63, 3.8) is 0 Å². The van der Waals surface area contributed by atoms with Crippen LogP contribution in [0.15, 0.2) is 48.2 Å². The van der Waals surface area contributed by atoms with Gasteiger partial charge in [-0.05, 0) is 44.1 Å². The lowest BCUT2D eigenvalue weighted by molar-refractivity contribution is 0.0713. The van der Waals surface area contributed by atoms with Gasteiger partial charge in [0.15, 0.2) is 0 Å². The maximum absolute atomic E-state index is 12.8. The summed E-state index contributed by atoms with van der Waals surface area (Å²) in [4.78, 5) is 23.8. The van der Waals surface area contributed by atoms with Crippen molar-refractivity contribution in [3.8, 4) is 0 Å². The molecule has 1 aromatic carbocycles. The fourth-order valence-electron chi connectivity index (χ4n) is 4.42. The summed E-state index contributed by atoms with van der Waals surface area (Å²) in [5.41, 5.74) is 4.67. The molecule has 1 amide bonds. The highest BCUT2D eigenvalue weighted by Gasteiger charge is 2.28. The molecule has 2 aliphatic heterocycles. The zero-order valence-corrected chi connectivity index (χ0v) is 17.8. The molecule has 0 radical (unpaired) electrons. The number of carbonyl (C=O) groups excluding carboxylic acids is 1. The van der Waals surface area contributed by atoms with Crippen molar-refractivity contribution >= 4 is 17.2 Å². The number of aryl methyl sites for hydroxylation is 1. The molecule has 3 aliphatic rings. The highest BCUT2D eigenvalue weighted by atomic mass is 32.1. The van der Waals surface area contributed by atoms with Crippen LogP contribution in [0.3, 0.4) is 0 Å². The largest absolute Gasteiger partial charge is 0.371 e. The summed E-state index contributed by atoms with van der Waals surface area (Å²) >= 11 is 1.92. The number of thiazole rings is 1. The van der Waals surface area contributed by atoms with E-state index in [4.69, 9.17) is 4.98 Å². The van der Waals surface area contributed by atoms with Crippen molar-refractivity contribution in [2.75, 3.05) is 26.2 Å². The Kier molecular flexibility index (Phi) is 5.00. The van der Waals surface area contributed by atoms with Crippen LogP contribution >= 0.6 is 11.3 Å². The highest BCUT2D eigenvalue weighted by Crippen LogP contribution is 2.34. The summed E-state index contributed by atoms with van der Waals surface area (Å²) in [7, 11) is 0. The van der Waals surface area contributed by atoms with E-state index in [0.717, 1.165) is 57.4 Å². The van der Waals surface area contributed by atoms with Crippen LogP contribution in [-0.2, 0) is 12.8 Å². The number of likely N-dealkylation sites (tertiary alicyclic amines) is 1. The van der Waals surface area contributed by atoms with Crippen LogP contribution in [-0.4, -0.2) is 46.9 Å². The molecule has 29 heavy (non-hydrogen) atoms. The predicted molar refractivity (Wildman–Crippen MR) is 117 cm³/mol. The van der Waals surface area contributed by atoms with Crippen LogP contribution in [0, 0.1) is 6.92 Å². The van der Waals surface area contributed by atoms with Gasteiger partial charge in [0, 0.05) is 61.1 Å². The smallest absolute Gasteiger partial charge is 0.253 e. The standard InChI is InChI=1S/C24H27N3OS/c1-17-5-7-19(8-6-17)24(28)27-13-9-18(10-14-27)23-25-21-11-15-26(20-3-2-4-20)16-12-22(21)29-23/h2-8,18H,9-16H2,1H3. The molecule has 1 aromatic heterocycles. The number of benzene rings is 1. The number of fused-ring (bicyclic) bond motifs is 1. The van der Waals surface area contributed by atoms with Crippen molar-refractivity contribution in [2.45, 2.75) is 38.5 Å². The van der Waals surface area contributed by atoms with E-state index in [9.17, 15) is 4.79 Å². The Bertz CT molecular complexity index is 939. The topological polar surface area (TPSA) is 36.4 Å². The number of allylic oxidation sites excluding steroid dienone is 3. The third kappa shape index (κ3) is 3.76. The van der Waals surface area contributed by atoms with E-state index < -0.39 is 0 Å². The summed E-state index contributed by atoms with van der Waals surface area (Å²) in [5.74, 6) is 0.667. The lowest BCUT2D eigenvalue weighted by atomic mass is 9.97. The van der Waals surface area contributed by atoms with Gasteiger partial charge in [-0.2, -0.15) is 0 Å². The minimum atomic E-state index is 0.165. The molecular formula is C24H27N3OS. The number of amides is 1. The van der Waals surface area contributed by atoms with Gasteiger partial charge in [-0.3, -0.25) is 4.79 Å². The number of nitrogens with zero attached hydrogens (tertiary/aromatic N) is 3. The van der Waals surface area contributed by atoms with Crippen molar-refractivity contribution in [1.29, 1.82) is 0 Å². The second kappa shape index (κ2) is 7.79. The van der Waals surface area contributed by atoms with Crippen LogP contribution < -0.4 is 0 Å². The lowest BCUT2D eigenvalue weighted by Gasteiger charge is -2.31. The second-order valence-electron chi connectivity index (χ2n) is 8.29. The molecule has 0 unspecified atom stereocenters. The SMILES string of the molecule is Cc1ccc(C(=O)N2CCC(c3nc4c(s3)CCN(C3=CC=C3)CC4)CC2)cc1. The summed E-state index contributed by atoms with van der Waals surface area (Å²) in [6.45, 7) is 5.87. The third-order valence-electron chi connectivity index (χ3n) is 6.35. The van der Waals surface area contributed by atoms with Crippen LogP contribution in [0.1, 0.15) is 50.3 Å². The molecule has 5 rings (SSSR count). The van der Waals surface area contributed by atoms with Gasteiger partial charge in [0.1, 0.15) is 0 Å². The lowest BCUT2D eigenvalue weighted by Crippen LogP contribution is -2.37. The number of aromatic nitrogens is 1. The van der Waals surface area contributed by atoms with Gasteiger partial charge >= 0.3 is 0 Å². The van der Waals surface area contributed by atoms with Crippen molar-refractivity contribution < 1.29 is 4.79 Å². The van der Waals surface area contributed by atoms with E-state index >= 15 is 0 Å². The number of hydrogen-bond donors (Lipinski definition) is 0. The number of piperidine rings is 1. The van der Waals surface area contributed by atoms with Gasteiger partial charge in [-0.1, -0.05) is 23.8 Å². The molecule has 1 aliphatic carbocycles. The van der Waals surface area contributed by atoms with E-state index in [2.05, 4.69) is 30.1 Å². The Morgan fingerprint density at radius 3 is 2.48 bits per heavy atom. The first-order valence-electron chi connectivity index (χ1n) is 10.6. The van der Waals surface area contributed by atoms with E-state index in [1.807, 2.05) is 40.5 Å². The molecular weight excluding hydrogens is 378 g/mol. The van der Waals surface area contributed by atoms with Gasteiger partial charge in [0.2, 0.25) is 0 Å². The summed E-state index contributed by atoms with van der Waals surface area (Å²) in [5, 5.41) is 1.30. The summed E-state index contributed by atoms with van der Waals surface area (Å²) in [6, 6.07) is 7.92. The monoisotopic (exact) mass is 405 g/mol. The fourth-order valence-corrected chi connectivity index (χ4v) is 5.69. The van der Waals surface area contributed by atoms with Crippen molar-refractivity contribution in [2.24, 2.45) is 0 Å². The molecule has 0 atom stereocenters. The average molecular weight is 406 g/mol. The Morgan fingerprint density at radius 1 is 1.07 bits per heavy atom. The molecule has 4 nitrogen and oxygen atoms in total. The van der Waals surface area contributed by atoms with E-state index in [1.54, 1.807) is 0 Å². The minimum absolute atomic E-state index is 0.165. The number of hydrogen-bond acceptors (Lipinski definition) is 4. The zero-order valence-electron chi connectivity index (χ0n) is 16.9. The molecule has 150 valence electrons. The summed E-state index contributed by atoms with van der Waals surface area (Å²) in [6.07, 6.45) is 10.7. The minimum Gasteiger partial charge on any atom is -0.371 e. The average Bonchev–Trinajstić information content (AvgIpc) is 3.02. The fraction of sp³-hybridized carbons (Fsp3) is 0.417. The van der Waals surface area contributed by atoms with Gasteiger partial charge < -0.3 is 9.80 Å². The van der Waals surface area contributed by atoms with Gasteiger partial charge in [0.05, 0.1) is 10.7 Å². The second-order valence-corrected chi connectivity index (χ2v) is 9.41. The van der Waals surface area contributed by atoms with Crippen molar-refractivity contribution in [1.82, 2.24) is 14.8 Å². The first-order valence-corrected chi connectivity index (χ1v) is 11.5. The molecule has 0 saturated carbocycles. The van der Waals surface area contributed by atoms with Crippen molar-refractivity contribution in [3.05, 3.63) is 74.9 Å².